The molecule has 2 aromatic rings. The maximum atomic E-state index is 12.6. The Kier molecular flexibility index (Phi) is 5.27. The third-order valence-corrected chi connectivity index (χ3v) is 7.48. The molecule has 0 aromatic carbocycles. The molecule has 1 amide bonds. The van der Waals surface area contributed by atoms with Crippen molar-refractivity contribution in [3.8, 4) is 0 Å². The molecule has 1 unspecified atom stereocenters. The van der Waals surface area contributed by atoms with E-state index in [9.17, 15) is 4.79 Å². The van der Waals surface area contributed by atoms with E-state index in [1.165, 1.54) is 35.1 Å². The van der Waals surface area contributed by atoms with Gasteiger partial charge in [0.15, 0.2) is 0 Å². The molecule has 0 bridgehead atoms. The minimum Gasteiger partial charge on any atom is -0.342 e. The molecule has 4 rings (SSSR count). The maximum absolute atomic E-state index is 12.6. The lowest BCUT2D eigenvalue weighted by atomic mass is 9.89. The van der Waals surface area contributed by atoms with Crippen molar-refractivity contribution in [2.24, 2.45) is 5.92 Å². The molecule has 2 aliphatic rings. The molecule has 0 spiro atoms. The number of rotatable bonds is 3. The normalized spacial score (nSPS) is 21.2. The van der Waals surface area contributed by atoms with E-state index < -0.39 is 0 Å². The molecule has 0 N–H and O–H groups in total. The van der Waals surface area contributed by atoms with Crippen molar-refractivity contribution in [1.29, 1.82) is 0 Å². The zero-order chi connectivity index (χ0) is 17.2. The van der Waals surface area contributed by atoms with Gasteiger partial charge in [-0.1, -0.05) is 31.5 Å². The van der Waals surface area contributed by atoms with E-state index in [1.807, 2.05) is 16.2 Å². The number of fused-ring (bicyclic) bond motifs is 3. The monoisotopic (exact) mass is 375 g/mol. The topological polar surface area (TPSA) is 46.1 Å². The number of thiophene rings is 1. The van der Waals surface area contributed by atoms with Crippen molar-refractivity contribution in [1.82, 2.24) is 14.9 Å². The van der Waals surface area contributed by atoms with Gasteiger partial charge in [-0.3, -0.25) is 4.79 Å². The first-order valence-corrected chi connectivity index (χ1v) is 11.2. The van der Waals surface area contributed by atoms with Crippen molar-refractivity contribution in [2.45, 2.75) is 56.9 Å². The Hall–Kier alpha value is -1.14. The molecule has 134 valence electrons. The Bertz CT molecular complexity index is 765. The van der Waals surface area contributed by atoms with Crippen LogP contribution in [0.5, 0.6) is 0 Å². The molecule has 1 saturated heterocycles. The van der Waals surface area contributed by atoms with Gasteiger partial charge in [0.1, 0.15) is 16.2 Å². The second-order valence-electron chi connectivity index (χ2n) is 7.29. The molecule has 25 heavy (non-hydrogen) atoms. The number of aryl methyl sites for hydroxylation is 1. The van der Waals surface area contributed by atoms with Gasteiger partial charge in [-0.25, -0.2) is 9.97 Å². The van der Waals surface area contributed by atoms with E-state index in [0.717, 1.165) is 54.5 Å². The highest BCUT2D eigenvalue weighted by Gasteiger charge is 2.24. The number of aromatic nitrogens is 2. The van der Waals surface area contributed by atoms with Crippen molar-refractivity contribution in [3.05, 3.63) is 16.8 Å². The summed E-state index contributed by atoms with van der Waals surface area (Å²) >= 11 is 3.42. The number of amides is 1. The highest BCUT2D eigenvalue weighted by molar-refractivity contribution is 8.00. The van der Waals surface area contributed by atoms with Gasteiger partial charge in [-0.05, 0) is 43.6 Å². The number of likely N-dealkylation sites (tertiary alicyclic amines) is 1. The summed E-state index contributed by atoms with van der Waals surface area (Å²) in [6.45, 7) is 4.17. The predicted octanol–water partition coefficient (Wildman–Crippen LogP) is 4.31. The van der Waals surface area contributed by atoms with Crippen molar-refractivity contribution in [3.63, 3.8) is 0 Å². The summed E-state index contributed by atoms with van der Waals surface area (Å²) in [7, 11) is 0. The first-order valence-electron chi connectivity index (χ1n) is 9.38. The molecule has 0 radical (unpaired) electrons. The van der Waals surface area contributed by atoms with Crippen LogP contribution in [-0.2, 0) is 17.6 Å². The summed E-state index contributed by atoms with van der Waals surface area (Å²) < 4.78 is 0. The molecular formula is C19H25N3OS2. The van der Waals surface area contributed by atoms with Gasteiger partial charge in [-0.15, -0.1) is 11.3 Å². The Balaban J connectivity index is 1.52. The van der Waals surface area contributed by atoms with Crippen molar-refractivity contribution in [2.75, 3.05) is 18.8 Å². The Morgan fingerprint density at radius 2 is 2.08 bits per heavy atom. The number of thioether (sulfide) groups is 1. The predicted molar refractivity (Wildman–Crippen MR) is 104 cm³/mol. The fourth-order valence-corrected chi connectivity index (χ4v) is 6.24. The Morgan fingerprint density at radius 1 is 1.28 bits per heavy atom. The van der Waals surface area contributed by atoms with E-state index in [0.29, 0.717) is 5.75 Å². The molecule has 1 atom stereocenters. The van der Waals surface area contributed by atoms with Crippen LogP contribution in [0.1, 0.15) is 49.5 Å². The lowest BCUT2D eigenvalue weighted by molar-refractivity contribution is -0.128. The summed E-state index contributed by atoms with van der Waals surface area (Å²) in [6.07, 6.45) is 9.97. The summed E-state index contributed by atoms with van der Waals surface area (Å²) in [6, 6.07) is 0. The fourth-order valence-electron chi connectivity index (χ4n) is 3.90. The molecule has 4 nitrogen and oxygen atoms in total. The molecule has 2 aromatic heterocycles. The Morgan fingerprint density at radius 3 is 2.88 bits per heavy atom. The molecule has 1 aliphatic carbocycles. The number of hydrogen-bond donors (Lipinski definition) is 0. The highest BCUT2D eigenvalue weighted by atomic mass is 32.2. The third kappa shape index (κ3) is 3.70. The van der Waals surface area contributed by atoms with Crippen molar-refractivity contribution < 1.29 is 4.79 Å². The van der Waals surface area contributed by atoms with Gasteiger partial charge in [0.05, 0.1) is 5.75 Å². The first-order chi connectivity index (χ1) is 12.2. The van der Waals surface area contributed by atoms with Crippen LogP contribution < -0.4 is 0 Å². The van der Waals surface area contributed by atoms with E-state index in [4.69, 9.17) is 0 Å². The maximum Gasteiger partial charge on any atom is 0.232 e. The van der Waals surface area contributed by atoms with Crippen LogP contribution in [0.15, 0.2) is 11.4 Å². The molecule has 1 fully saturated rings. The van der Waals surface area contributed by atoms with Crippen LogP contribution in [0.2, 0.25) is 0 Å². The highest BCUT2D eigenvalue weighted by Crippen LogP contribution is 2.40. The van der Waals surface area contributed by atoms with Crippen molar-refractivity contribution >= 4 is 39.2 Å². The SMILES string of the molecule is CC1CCc2c(sc3ncnc(SCC(=O)N4CCCCCC4)c23)C1. The lowest BCUT2D eigenvalue weighted by Crippen LogP contribution is -2.33. The van der Waals surface area contributed by atoms with Gasteiger partial charge in [0.2, 0.25) is 5.91 Å². The minimum absolute atomic E-state index is 0.261. The molecule has 1 aliphatic heterocycles. The quantitative estimate of drug-likeness (QED) is 0.592. The van der Waals surface area contributed by atoms with Gasteiger partial charge in [-0.2, -0.15) is 0 Å². The second kappa shape index (κ2) is 7.62. The van der Waals surface area contributed by atoms with E-state index in [2.05, 4.69) is 16.9 Å². The number of carbonyl (C=O) groups is 1. The minimum atomic E-state index is 0.261. The fraction of sp³-hybridized carbons (Fsp3) is 0.632. The van der Waals surface area contributed by atoms with Gasteiger partial charge >= 0.3 is 0 Å². The zero-order valence-electron chi connectivity index (χ0n) is 14.8. The van der Waals surface area contributed by atoms with Gasteiger partial charge in [0.25, 0.3) is 0 Å². The third-order valence-electron chi connectivity index (χ3n) is 5.35. The largest absolute Gasteiger partial charge is 0.342 e. The summed E-state index contributed by atoms with van der Waals surface area (Å²) in [4.78, 5) is 26.2. The average molecular weight is 376 g/mol. The number of hydrogen-bond acceptors (Lipinski definition) is 5. The smallest absolute Gasteiger partial charge is 0.232 e. The van der Waals surface area contributed by atoms with Gasteiger partial charge < -0.3 is 4.90 Å². The van der Waals surface area contributed by atoms with Crippen LogP contribution in [-0.4, -0.2) is 39.6 Å². The van der Waals surface area contributed by atoms with Crippen LogP contribution in [0.3, 0.4) is 0 Å². The standard InChI is InChI=1S/C19H25N3OS2/c1-13-6-7-14-15(10-13)25-19-17(14)18(20-12-21-19)24-11-16(23)22-8-4-2-3-5-9-22/h12-13H,2-11H2,1H3. The second-order valence-corrected chi connectivity index (χ2v) is 9.34. The molecule has 0 saturated carbocycles. The van der Waals surface area contributed by atoms with Gasteiger partial charge in [0, 0.05) is 23.4 Å². The van der Waals surface area contributed by atoms with Crippen LogP contribution in [0.25, 0.3) is 10.2 Å². The summed E-state index contributed by atoms with van der Waals surface area (Å²) in [5, 5.41) is 2.23. The number of nitrogens with zero attached hydrogens (tertiary/aromatic N) is 3. The van der Waals surface area contributed by atoms with Crippen LogP contribution in [0.4, 0.5) is 0 Å². The van der Waals surface area contributed by atoms with Crippen LogP contribution in [0, 0.1) is 5.92 Å². The molecular weight excluding hydrogens is 350 g/mol. The lowest BCUT2D eigenvalue weighted by Gasteiger charge is -2.20. The summed E-state index contributed by atoms with van der Waals surface area (Å²) in [5.41, 5.74) is 1.45. The van der Waals surface area contributed by atoms with E-state index >= 15 is 0 Å². The Labute approximate surface area is 157 Å². The number of carbonyl (C=O) groups excluding carboxylic acids is 1. The average Bonchev–Trinajstić information content (AvgIpc) is 2.79. The first kappa shape index (κ1) is 17.3. The molecule has 3 heterocycles. The van der Waals surface area contributed by atoms with Crippen LogP contribution >= 0.6 is 23.1 Å². The molecule has 6 heteroatoms. The van der Waals surface area contributed by atoms with E-state index in [-0.39, 0.29) is 5.91 Å². The summed E-state index contributed by atoms with van der Waals surface area (Å²) in [5.74, 6) is 1.51. The van der Waals surface area contributed by atoms with E-state index in [1.54, 1.807) is 18.1 Å². The zero-order valence-corrected chi connectivity index (χ0v) is 16.4.